The molecule has 0 atom stereocenters. The van der Waals surface area contributed by atoms with E-state index in [4.69, 9.17) is 0 Å². The second kappa shape index (κ2) is 6.14. The molecule has 0 bridgehead atoms. The van der Waals surface area contributed by atoms with Gasteiger partial charge in [-0.25, -0.2) is 4.39 Å². The lowest BCUT2D eigenvalue weighted by molar-refractivity contribution is 0.622. The van der Waals surface area contributed by atoms with E-state index in [1.807, 2.05) is 13.0 Å². The molecular weight excluding hydrogens is 245 g/mol. The number of hydrogen-bond donors (Lipinski definition) is 1. The molecular formula is C11H15BrFN. The van der Waals surface area contributed by atoms with Crippen LogP contribution in [0.3, 0.4) is 0 Å². The van der Waals surface area contributed by atoms with Gasteiger partial charge in [-0.3, -0.25) is 0 Å². The SMILES string of the molecule is Cc1cc(F)ccc1CNCCCBr. The highest BCUT2D eigenvalue weighted by Gasteiger charge is 1.98. The van der Waals surface area contributed by atoms with Crippen LogP contribution in [0, 0.1) is 12.7 Å². The molecule has 0 aliphatic carbocycles. The first-order valence-electron chi connectivity index (χ1n) is 4.75. The number of nitrogens with one attached hydrogen (secondary N) is 1. The Bertz CT molecular complexity index is 289. The van der Waals surface area contributed by atoms with Crippen LogP contribution < -0.4 is 5.32 Å². The minimum atomic E-state index is -0.160. The summed E-state index contributed by atoms with van der Waals surface area (Å²) in [6, 6.07) is 4.92. The smallest absolute Gasteiger partial charge is 0.123 e. The normalized spacial score (nSPS) is 10.5. The van der Waals surface area contributed by atoms with Crippen molar-refractivity contribution < 1.29 is 4.39 Å². The fraction of sp³-hybridized carbons (Fsp3) is 0.455. The molecule has 0 amide bonds. The van der Waals surface area contributed by atoms with Gasteiger partial charge in [-0.15, -0.1) is 0 Å². The van der Waals surface area contributed by atoms with Crippen molar-refractivity contribution in [2.45, 2.75) is 19.9 Å². The largest absolute Gasteiger partial charge is 0.313 e. The summed E-state index contributed by atoms with van der Waals surface area (Å²) in [5.74, 6) is -0.160. The molecule has 0 spiro atoms. The molecule has 1 nitrogen and oxygen atoms in total. The summed E-state index contributed by atoms with van der Waals surface area (Å²) in [6.07, 6.45) is 1.11. The Hall–Kier alpha value is -0.410. The molecule has 0 saturated carbocycles. The van der Waals surface area contributed by atoms with Gasteiger partial charge in [0, 0.05) is 11.9 Å². The minimum absolute atomic E-state index is 0.160. The monoisotopic (exact) mass is 259 g/mol. The molecule has 78 valence electrons. The predicted octanol–water partition coefficient (Wildman–Crippen LogP) is 3.01. The Kier molecular flexibility index (Phi) is 5.12. The second-order valence-corrected chi connectivity index (χ2v) is 4.08. The zero-order valence-electron chi connectivity index (χ0n) is 8.32. The highest BCUT2D eigenvalue weighted by Crippen LogP contribution is 2.09. The lowest BCUT2D eigenvalue weighted by Crippen LogP contribution is -2.15. The van der Waals surface area contributed by atoms with E-state index in [1.54, 1.807) is 6.07 Å². The van der Waals surface area contributed by atoms with Crippen molar-refractivity contribution in [1.82, 2.24) is 5.32 Å². The third-order valence-electron chi connectivity index (χ3n) is 2.11. The zero-order valence-corrected chi connectivity index (χ0v) is 9.90. The van der Waals surface area contributed by atoms with Gasteiger partial charge in [-0.05, 0) is 43.1 Å². The van der Waals surface area contributed by atoms with Crippen LogP contribution in [-0.4, -0.2) is 11.9 Å². The summed E-state index contributed by atoms with van der Waals surface area (Å²) in [6.45, 7) is 3.74. The number of rotatable bonds is 5. The summed E-state index contributed by atoms with van der Waals surface area (Å²) in [4.78, 5) is 0. The molecule has 1 rings (SSSR count). The Morgan fingerprint density at radius 3 is 2.86 bits per heavy atom. The molecule has 0 unspecified atom stereocenters. The summed E-state index contributed by atoms with van der Waals surface area (Å²) in [5, 5.41) is 4.33. The van der Waals surface area contributed by atoms with Crippen LogP contribution in [0.25, 0.3) is 0 Å². The first-order chi connectivity index (χ1) is 6.74. The third-order valence-corrected chi connectivity index (χ3v) is 2.67. The van der Waals surface area contributed by atoms with Gasteiger partial charge in [-0.2, -0.15) is 0 Å². The van der Waals surface area contributed by atoms with E-state index >= 15 is 0 Å². The van der Waals surface area contributed by atoms with E-state index in [1.165, 1.54) is 11.6 Å². The van der Waals surface area contributed by atoms with Crippen molar-refractivity contribution in [1.29, 1.82) is 0 Å². The number of benzene rings is 1. The topological polar surface area (TPSA) is 12.0 Å². The standard InChI is InChI=1S/C11H15BrFN/c1-9-7-11(13)4-3-10(9)8-14-6-2-5-12/h3-4,7,14H,2,5-6,8H2,1H3. The first-order valence-corrected chi connectivity index (χ1v) is 5.88. The van der Waals surface area contributed by atoms with Crippen LogP contribution >= 0.6 is 15.9 Å². The van der Waals surface area contributed by atoms with Gasteiger partial charge in [0.1, 0.15) is 5.82 Å². The zero-order chi connectivity index (χ0) is 10.4. The third kappa shape index (κ3) is 3.76. The van der Waals surface area contributed by atoms with E-state index in [9.17, 15) is 4.39 Å². The molecule has 0 fully saturated rings. The van der Waals surface area contributed by atoms with Crippen molar-refractivity contribution in [2.75, 3.05) is 11.9 Å². The van der Waals surface area contributed by atoms with E-state index in [-0.39, 0.29) is 5.82 Å². The number of halogens is 2. The maximum absolute atomic E-state index is 12.8. The minimum Gasteiger partial charge on any atom is -0.313 e. The summed E-state index contributed by atoms with van der Waals surface area (Å²) in [7, 11) is 0. The van der Waals surface area contributed by atoms with E-state index < -0.39 is 0 Å². The quantitative estimate of drug-likeness (QED) is 0.634. The fourth-order valence-corrected chi connectivity index (χ4v) is 1.55. The van der Waals surface area contributed by atoms with Crippen LogP contribution in [0.15, 0.2) is 18.2 Å². The molecule has 0 saturated heterocycles. The van der Waals surface area contributed by atoms with Gasteiger partial charge in [-0.1, -0.05) is 22.0 Å². The second-order valence-electron chi connectivity index (χ2n) is 3.29. The lowest BCUT2D eigenvalue weighted by Gasteiger charge is -2.06. The van der Waals surface area contributed by atoms with Gasteiger partial charge in [0.15, 0.2) is 0 Å². The van der Waals surface area contributed by atoms with E-state index in [0.717, 1.165) is 30.4 Å². The van der Waals surface area contributed by atoms with Gasteiger partial charge in [0.05, 0.1) is 0 Å². The number of alkyl halides is 1. The number of aryl methyl sites for hydroxylation is 1. The van der Waals surface area contributed by atoms with Gasteiger partial charge < -0.3 is 5.32 Å². The van der Waals surface area contributed by atoms with Crippen molar-refractivity contribution in [3.8, 4) is 0 Å². The van der Waals surface area contributed by atoms with E-state index in [2.05, 4.69) is 21.2 Å². The highest BCUT2D eigenvalue weighted by atomic mass is 79.9. The summed E-state index contributed by atoms with van der Waals surface area (Å²) < 4.78 is 12.8. The van der Waals surface area contributed by atoms with Crippen molar-refractivity contribution in [3.05, 3.63) is 35.1 Å². The Morgan fingerprint density at radius 1 is 1.43 bits per heavy atom. The van der Waals surface area contributed by atoms with Gasteiger partial charge in [0.25, 0.3) is 0 Å². The Balaban J connectivity index is 2.42. The molecule has 1 N–H and O–H groups in total. The van der Waals surface area contributed by atoms with Crippen molar-refractivity contribution in [3.63, 3.8) is 0 Å². The molecule has 0 aromatic heterocycles. The molecule has 0 aliphatic heterocycles. The first kappa shape index (κ1) is 11.7. The van der Waals surface area contributed by atoms with Crippen LogP contribution in [0.2, 0.25) is 0 Å². The predicted molar refractivity (Wildman–Crippen MR) is 61.3 cm³/mol. The van der Waals surface area contributed by atoms with Gasteiger partial charge >= 0.3 is 0 Å². The average molecular weight is 260 g/mol. The average Bonchev–Trinajstić information content (AvgIpc) is 2.15. The maximum Gasteiger partial charge on any atom is 0.123 e. The molecule has 0 heterocycles. The maximum atomic E-state index is 12.8. The van der Waals surface area contributed by atoms with Crippen LogP contribution in [0.1, 0.15) is 17.5 Å². The Morgan fingerprint density at radius 2 is 2.21 bits per heavy atom. The van der Waals surface area contributed by atoms with Crippen molar-refractivity contribution >= 4 is 15.9 Å². The number of hydrogen-bond acceptors (Lipinski definition) is 1. The van der Waals surface area contributed by atoms with E-state index in [0.29, 0.717) is 0 Å². The fourth-order valence-electron chi connectivity index (χ4n) is 1.27. The molecule has 1 aromatic rings. The molecule has 0 radical (unpaired) electrons. The molecule has 3 heteroatoms. The molecule has 14 heavy (non-hydrogen) atoms. The molecule has 0 aliphatic rings. The highest BCUT2D eigenvalue weighted by molar-refractivity contribution is 9.09. The van der Waals surface area contributed by atoms with Crippen LogP contribution in [-0.2, 0) is 6.54 Å². The van der Waals surface area contributed by atoms with Crippen LogP contribution in [0.5, 0.6) is 0 Å². The summed E-state index contributed by atoms with van der Waals surface area (Å²) in [5.41, 5.74) is 2.18. The van der Waals surface area contributed by atoms with Crippen molar-refractivity contribution in [2.24, 2.45) is 0 Å². The Labute approximate surface area is 92.8 Å². The summed E-state index contributed by atoms with van der Waals surface area (Å²) >= 11 is 3.37. The molecule has 1 aromatic carbocycles. The van der Waals surface area contributed by atoms with Crippen LogP contribution in [0.4, 0.5) is 4.39 Å². The lowest BCUT2D eigenvalue weighted by atomic mass is 10.1. The van der Waals surface area contributed by atoms with Gasteiger partial charge in [0.2, 0.25) is 0 Å².